The quantitative estimate of drug-likeness (QED) is 0.684. The summed E-state index contributed by atoms with van der Waals surface area (Å²) >= 11 is 0. The van der Waals surface area contributed by atoms with Crippen molar-refractivity contribution in [1.82, 2.24) is 4.90 Å². The molecule has 3 N–H and O–H groups in total. The van der Waals surface area contributed by atoms with Crippen molar-refractivity contribution in [2.24, 2.45) is 11.8 Å². The predicted octanol–water partition coefficient (Wildman–Crippen LogP) is 3.95. The smallest absolute Gasteiger partial charge is 0.161 e. The zero-order valence-corrected chi connectivity index (χ0v) is 17.0. The van der Waals surface area contributed by atoms with E-state index in [0.717, 1.165) is 55.8 Å². The van der Waals surface area contributed by atoms with Gasteiger partial charge in [0.1, 0.15) is 0 Å². The standard InChI is InChI=1S/C23H35NO3/c1-4-6-15(2)23-11-12-24(14-16-7-5-8-16)19(22(23,3)27)13-17-9-10-18(25)21(26)20(17)23/h9-10,15-16,19,25-27H,4-8,11-14H2,1-3H3/t15?,19-,22-,23-/m1/s1. The number of likely N-dealkylation sites (tertiary alicyclic amines) is 1. The van der Waals surface area contributed by atoms with Crippen LogP contribution in [0.5, 0.6) is 11.5 Å². The second-order valence-corrected chi connectivity index (χ2v) is 9.54. The zero-order valence-electron chi connectivity index (χ0n) is 17.0. The van der Waals surface area contributed by atoms with Crippen molar-refractivity contribution in [1.29, 1.82) is 0 Å². The Morgan fingerprint density at radius 3 is 2.63 bits per heavy atom. The van der Waals surface area contributed by atoms with E-state index in [1.54, 1.807) is 6.07 Å². The second kappa shape index (κ2) is 6.66. The third-order valence-corrected chi connectivity index (χ3v) is 8.17. The van der Waals surface area contributed by atoms with E-state index in [9.17, 15) is 15.3 Å². The minimum absolute atomic E-state index is 0.0124. The maximum Gasteiger partial charge on any atom is 0.161 e. The molecule has 2 aliphatic carbocycles. The van der Waals surface area contributed by atoms with E-state index in [-0.39, 0.29) is 23.5 Å². The molecule has 1 aliphatic heterocycles. The lowest BCUT2D eigenvalue weighted by atomic mass is 9.50. The van der Waals surface area contributed by atoms with Crippen molar-refractivity contribution >= 4 is 0 Å². The first-order chi connectivity index (χ1) is 12.8. The van der Waals surface area contributed by atoms with Crippen LogP contribution in [0.25, 0.3) is 0 Å². The normalized spacial score (nSPS) is 34.7. The number of nitrogens with zero attached hydrogens (tertiary/aromatic N) is 1. The number of rotatable bonds is 5. The van der Waals surface area contributed by atoms with Crippen LogP contribution < -0.4 is 0 Å². The number of hydrogen-bond donors (Lipinski definition) is 3. The SMILES string of the molecule is CCCC(C)[C@]12CCN(CC3CCC3)[C@H](Cc3ccc(O)c(O)c31)[C@@]2(C)O. The van der Waals surface area contributed by atoms with Gasteiger partial charge in [-0.05, 0) is 62.6 Å². The first kappa shape index (κ1) is 19.1. The maximum atomic E-state index is 12.0. The molecule has 2 bridgehead atoms. The van der Waals surface area contributed by atoms with Crippen LogP contribution in [0.3, 0.4) is 0 Å². The molecule has 4 atom stereocenters. The minimum atomic E-state index is -0.929. The van der Waals surface area contributed by atoms with E-state index in [2.05, 4.69) is 18.7 Å². The van der Waals surface area contributed by atoms with Gasteiger partial charge in [0.25, 0.3) is 0 Å². The number of aromatic hydroxyl groups is 2. The Morgan fingerprint density at radius 2 is 2.00 bits per heavy atom. The summed E-state index contributed by atoms with van der Waals surface area (Å²) in [6.45, 7) is 8.42. The third kappa shape index (κ3) is 2.63. The Hall–Kier alpha value is -1.26. The molecule has 1 unspecified atom stereocenters. The zero-order chi connectivity index (χ0) is 19.4. The van der Waals surface area contributed by atoms with Gasteiger partial charge in [0.05, 0.1) is 5.60 Å². The highest BCUT2D eigenvalue weighted by Crippen LogP contribution is 2.59. The van der Waals surface area contributed by atoms with E-state index < -0.39 is 11.0 Å². The van der Waals surface area contributed by atoms with Gasteiger partial charge in [0.15, 0.2) is 11.5 Å². The van der Waals surface area contributed by atoms with Crippen molar-refractivity contribution < 1.29 is 15.3 Å². The van der Waals surface area contributed by atoms with E-state index in [0.29, 0.717) is 0 Å². The minimum Gasteiger partial charge on any atom is -0.504 e. The summed E-state index contributed by atoms with van der Waals surface area (Å²) in [6.07, 6.45) is 7.58. The van der Waals surface area contributed by atoms with Gasteiger partial charge in [-0.2, -0.15) is 0 Å². The summed E-state index contributed by atoms with van der Waals surface area (Å²) < 4.78 is 0. The van der Waals surface area contributed by atoms with E-state index in [4.69, 9.17) is 0 Å². The summed E-state index contributed by atoms with van der Waals surface area (Å²) in [5, 5.41) is 33.1. The van der Waals surface area contributed by atoms with Crippen molar-refractivity contribution in [3.63, 3.8) is 0 Å². The Morgan fingerprint density at radius 1 is 1.26 bits per heavy atom. The molecule has 0 amide bonds. The van der Waals surface area contributed by atoms with Crippen molar-refractivity contribution in [3.05, 3.63) is 23.3 Å². The van der Waals surface area contributed by atoms with Gasteiger partial charge < -0.3 is 15.3 Å². The van der Waals surface area contributed by atoms with E-state index in [1.165, 1.54) is 19.3 Å². The predicted molar refractivity (Wildman–Crippen MR) is 107 cm³/mol. The number of phenols is 2. The Balaban J connectivity index is 1.83. The first-order valence-electron chi connectivity index (χ1n) is 10.8. The van der Waals surface area contributed by atoms with Gasteiger partial charge in [0, 0.05) is 23.6 Å². The molecule has 4 rings (SSSR count). The average molecular weight is 374 g/mol. The van der Waals surface area contributed by atoms with E-state index in [1.807, 2.05) is 13.0 Å². The molecule has 0 radical (unpaired) electrons. The molecule has 0 spiro atoms. The molecule has 4 heteroatoms. The summed E-state index contributed by atoms with van der Waals surface area (Å²) in [6, 6.07) is 3.65. The van der Waals surface area contributed by atoms with Crippen molar-refractivity contribution in [2.45, 2.75) is 82.8 Å². The molecule has 1 heterocycles. The highest BCUT2D eigenvalue weighted by atomic mass is 16.3. The van der Waals surface area contributed by atoms with Gasteiger partial charge >= 0.3 is 0 Å². The van der Waals surface area contributed by atoms with Crippen LogP contribution in [-0.2, 0) is 11.8 Å². The van der Waals surface area contributed by atoms with Crippen LogP contribution in [0.15, 0.2) is 12.1 Å². The summed E-state index contributed by atoms with van der Waals surface area (Å²) in [5.74, 6) is 0.929. The number of fused-ring (bicyclic) bond motifs is 4. The van der Waals surface area contributed by atoms with Crippen LogP contribution in [0.2, 0.25) is 0 Å². The summed E-state index contributed by atoms with van der Waals surface area (Å²) in [5.41, 5.74) is 0.471. The lowest BCUT2D eigenvalue weighted by Gasteiger charge is -2.63. The molecule has 27 heavy (non-hydrogen) atoms. The van der Waals surface area contributed by atoms with Gasteiger partial charge in [-0.3, -0.25) is 4.90 Å². The summed E-state index contributed by atoms with van der Waals surface area (Å²) in [4.78, 5) is 2.52. The first-order valence-corrected chi connectivity index (χ1v) is 10.8. The lowest BCUT2D eigenvalue weighted by Crippen LogP contribution is -2.72. The van der Waals surface area contributed by atoms with Gasteiger partial charge in [-0.15, -0.1) is 0 Å². The molecule has 3 aliphatic rings. The van der Waals surface area contributed by atoms with Crippen LogP contribution in [0, 0.1) is 11.8 Å². The van der Waals surface area contributed by atoms with Crippen LogP contribution in [0.4, 0.5) is 0 Å². The monoisotopic (exact) mass is 373 g/mol. The summed E-state index contributed by atoms with van der Waals surface area (Å²) in [7, 11) is 0. The molecule has 1 saturated heterocycles. The largest absolute Gasteiger partial charge is 0.504 e. The molecule has 1 aromatic rings. The molecule has 1 saturated carbocycles. The van der Waals surface area contributed by atoms with Crippen LogP contribution in [0.1, 0.15) is 70.4 Å². The molecule has 1 aromatic carbocycles. The Kier molecular flexibility index (Phi) is 4.71. The molecule has 150 valence electrons. The number of benzene rings is 1. The fraction of sp³-hybridized carbons (Fsp3) is 0.739. The van der Waals surface area contributed by atoms with Gasteiger partial charge in [-0.1, -0.05) is 39.2 Å². The van der Waals surface area contributed by atoms with Gasteiger partial charge in [0.2, 0.25) is 0 Å². The molecule has 4 nitrogen and oxygen atoms in total. The molecule has 0 aromatic heterocycles. The maximum absolute atomic E-state index is 12.0. The lowest BCUT2D eigenvalue weighted by molar-refractivity contribution is -0.157. The third-order valence-electron chi connectivity index (χ3n) is 8.17. The van der Waals surface area contributed by atoms with Crippen LogP contribution in [-0.4, -0.2) is 45.0 Å². The van der Waals surface area contributed by atoms with E-state index >= 15 is 0 Å². The topological polar surface area (TPSA) is 63.9 Å². The van der Waals surface area contributed by atoms with Crippen molar-refractivity contribution in [2.75, 3.05) is 13.1 Å². The fourth-order valence-corrected chi connectivity index (χ4v) is 6.48. The van der Waals surface area contributed by atoms with Crippen LogP contribution >= 0.6 is 0 Å². The fourth-order valence-electron chi connectivity index (χ4n) is 6.48. The average Bonchev–Trinajstić information content (AvgIpc) is 2.56. The highest BCUT2D eigenvalue weighted by Gasteiger charge is 2.63. The number of hydrogen-bond acceptors (Lipinski definition) is 4. The number of aliphatic hydroxyl groups is 1. The Bertz CT molecular complexity index is 712. The molecular formula is C23H35NO3. The number of phenolic OH excluding ortho intramolecular Hbond substituents is 2. The molecular weight excluding hydrogens is 338 g/mol. The van der Waals surface area contributed by atoms with Gasteiger partial charge in [-0.25, -0.2) is 0 Å². The second-order valence-electron chi connectivity index (χ2n) is 9.54. The molecule has 2 fully saturated rings. The Labute approximate surface area is 163 Å². The number of piperidine rings is 1. The van der Waals surface area contributed by atoms with Crippen molar-refractivity contribution in [3.8, 4) is 11.5 Å². The highest BCUT2D eigenvalue weighted by molar-refractivity contribution is 5.57.